The molecule has 0 saturated heterocycles. The zero-order valence-electron chi connectivity index (χ0n) is 12.5. The Hall–Kier alpha value is -2.71. The van der Waals surface area contributed by atoms with E-state index in [1.165, 1.54) is 7.05 Å². The lowest BCUT2D eigenvalue weighted by molar-refractivity contribution is 0.0936. The van der Waals surface area contributed by atoms with Crippen molar-refractivity contribution in [2.75, 3.05) is 13.6 Å². The molecule has 0 spiro atoms. The van der Waals surface area contributed by atoms with Gasteiger partial charge in [0.1, 0.15) is 5.69 Å². The normalized spacial score (nSPS) is 16.6. The van der Waals surface area contributed by atoms with Gasteiger partial charge in [-0.3, -0.25) is 9.59 Å². The average molecular weight is 304 g/mol. The molecule has 0 aliphatic carbocycles. The van der Waals surface area contributed by atoms with Crippen molar-refractivity contribution in [2.24, 2.45) is 5.41 Å². The number of H-pyrrole nitrogens is 1. The lowest BCUT2D eigenvalue weighted by Crippen LogP contribution is -2.32. The van der Waals surface area contributed by atoms with E-state index >= 15 is 0 Å². The average Bonchev–Trinajstić information content (AvgIpc) is 3.08. The molecule has 0 unspecified atom stereocenters. The predicted molar refractivity (Wildman–Crippen MR) is 75.1 cm³/mol. The van der Waals surface area contributed by atoms with Crippen molar-refractivity contribution in [1.82, 2.24) is 30.7 Å². The van der Waals surface area contributed by atoms with Gasteiger partial charge in [0.2, 0.25) is 0 Å². The van der Waals surface area contributed by atoms with E-state index in [1.807, 2.05) is 0 Å². The fraction of sp³-hybridized carbons (Fsp3) is 0.462. The number of fused-ring (bicyclic) bond motifs is 1. The molecule has 9 nitrogen and oxygen atoms in total. The number of hydrogen-bond acceptors (Lipinski definition) is 6. The van der Waals surface area contributed by atoms with E-state index in [4.69, 9.17) is 4.52 Å². The smallest absolute Gasteiger partial charge is 0.294 e. The number of carbonyl (C=O) groups is 2. The summed E-state index contributed by atoms with van der Waals surface area (Å²) in [6, 6.07) is 0. The van der Waals surface area contributed by atoms with Crippen molar-refractivity contribution in [3.05, 3.63) is 17.2 Å². The van der Waals surface area contributed by atoms with E-state index in [2.05, 4.69) is 44.6 Å². The van der Waals surface area contributed by atoms with Gasteiger partial charge in [-0.05, 0) is 11.8 Å². The van der Waals surface area contributed by atoms with Gasteiger partial charge in [-0.1, -0.05) is 19.0 Å². The number of amides is 2. The first-order chi connectivity index (χ1) is 10.4. The number of aromatic nitrogens is 4. The van der Waals surface area contributed by atoms with E-state index in [-0.39, 0.29) is 28.9 Å². The number of aromatic amines is 1. The Labute approximate surface area is 125 Å². The molecular weight excluding hydrogens is 288 g/mol. The molecule has 0 atom stereocenters. The van der Waals surface area contributed by atoms with Crippen LogP contribution in [-0.2, 0) is 6.42 Å². The van der Waals surface area contributed by atoms with Crippen molar-refractivity contribution in [1.29, 1.82) is 0 Å². The molecule has 1 aliphatic heterocycles. The molecule has 0 saturated carbocycles. The van der Waals surface area contributed by atoms with Gasteiger partial charge >= 0.3 is 0 Å². The molecule has 3 N–H and O–H groups in total. The highest BCUT2D eigenvalue weighted by atomic mass is 16.5. The standard InChI is InChI=1S/C13H16N6O3/c1-13(2)4-6-7(10(20)15-5-13)17-9(16-6)12-18-8(19-22-12)11(21)14-3/h4-5H2,1-3H3,(H,14,21)(H,15,20)(H,16,17). The highest BCUT2D eigenvalue weighted by molar-refractivity contribution is 5.94. The van der Waals surface area contributed by atoms with Gasteiger partial charge in [0.15, 0.2) is 5.82 Å². The molecule has 3 heterocycles. The molecule has 2 aromatic rings. The summed E-state index contributed by atoms with van der Waals surface area (Å²) in [5.41, 5.74) is 0.947. The summed E-state index contributed by atoms with van der Waals surface area (Å²) < 4.78 is 5.02. The molecule has 0 bridgehead atoms. The number of carbonyl (C=O) groups excluding carboxylic acids is 2. The minimum Gasteiger partial charge on any atom is -0.352 e. The van der Waals surface area contributed by atoms with Crippen LogP contribution in [0.15, 0.2) is 4.52 Å². The van der Waals surface area contributed by atoms with Crippen molar-refractivity contribution >= 4 is 11.8 Å². The molecule has 0 fully saturated rings. The lowest BCUT2D eigenvalue weighted by Gasteiger charge is -2.21. The van der Waals surface area contributed by atoms with Crippen LogP contribution in [0.3, 0.4) is 0 Å². The van der Waals surface area contributed by atoms with E-state index in [1.54, 1.807) is 0 Å². The number of nitrogens with zero attached hydrogens (tertiary/aromatic N) is 3. The molecule has 1 aliphatic rings. The SMILES string of the molecule is CNC(=O)c1noc(-c2nc3c([nH]2)CC(C)(C)CNC3=O)n1. The zero-order valence-corrected chi connectivity index (χ0v) is 12.5. The second-order valence-electron chi connectivity index (χ2n) is 5.94. The molecular formula is C13H16N6O3. The van der Waals surface area contributed by atoms with Gasteiger partial charge in [-0.25, -0.2) is 4.98 Å². The minimum absolute atomic E-state index is 0.0669. The van der Waals surface area contributed by atoms with Crippen LogP contribution in [0.25, 0.3) is 11.7 Å². The van der Waals surface area contributed by atoms with Gasteiger partial charge in [-0.15, -0.1) is 0 Å². The van der Waals surface area contributed by atoms with Gasteiger partial charge in [0.25, 0.3) is 23.5 Å². The Morgan fingerprint density at radius 1 is 1.36 bits per heavy atom. The summed E-state index contributed by atoms with van der Waals surface area (Å²) in [5.74, 6) is -0.442. The van der Waals surface area contributed by atoms with Gasteiger partial charge in [-0.2, -0.15) is 4.98 Å². The Morgan fingerprint density at radius 3 is 2.86 bits per heavy atom. The number of imidazole rings is 1. The molecule has 2 amide bonds. The Morgan fingerprint density at radius 2 is 2.14 bits per heavy atom. The molecule has 116 valence electrons. The first-order valence-corrected chi connectivity index (χ1v) is 6.83. The van der Waals surface area contributed by atoms with Crippen LogP contribution in [-0.4, -0.2) is 45.5 Å². The van der Waals surface area contributed by atoms with Crippen LogP contribution in [0, 0.1) is 5.41 Å². The number of nitrogens with one attached hydrogen (secondary N) is 3. The van der Waals surface area contributed by atoms with Crippen LogP contribution < -0.4 is 10.6 Å². The highest BCUT2D eigenvalue weighted by Crippen LogP contribution is 2.27. The van der Waals surface area contributed by atoms with Crippen molar-refractivity contribution in [3.8, 4) is 11.7 Å². The largest absolute Gasteiger partial charge is 0.352 e. The van der Waals surface area contributed by atoms with E-state index in [0.717, 1.165) is 5.69 Å². The molecule has 2 aromatic heterocycles. The van der Waals surface area contributed by atoms with Crippen LogP contribution in [0.1, 0.15) is 40.6 Å². The van der Waals surface area contributed by atoms with Crippen molar-refractivity contribution < 1.29 is 14.1 Å². The highest BCUT2D eigenvalue weighted by Gasteiger charge is 2.31. The lowest BCUT2D eigenvalue weighted by atomic mass is 9.88. The third-order valence-electron chi connectivity index (χ3n) is 3.44. The summed E-state index contributed by atoms with van der Waals surface area (Å²) in [6.45, 7) is 4.69. The summed E-state index contributed by atoms with van der Waals surface area (Å²) in [6.07, 6.45) is 0.657. The second kappa shape index (κ2) is 4.93. The summed E-state index contributed by atoms with van der Waals surface area (Å²) in [5, 5.41) is 8.82. The fourth-order valence-corrected chi connectivity index (χ4v) is 2.29. The maximum atomic E-state index is 12.1. The Balaban J connectivity index is 1.97. The van der Waals surface area contributed by atoms with Crippen LogP contribution in [0.4, 0.5) is 0 Å². The maximum Gasteiger partial charge on any atom is 0.294 e. The Bertz CT molecular complexity index is 745. The predicted octanol–water partition coefficient (Wildman–Crippen LogP) is 0.131. The maximum absolute atomic E-state index is 12.1. The van der Waals surface area contributed by atoms with E-state index in [0.29, 0.717) is 18.7 Å². The van der Waals surface area contributed by atoms with Crippen LogP contribution in [0.5, 0.6) is 0 Å². The number of hydrogen-bond donors (Lipinski definition) is 3. The van der Waals surface area contributed by atoms with Crippen molar-refractivity contribution in [2.45, 2.75) is 20.3 Å². The molecule has 0 radical (unpaired) electrons. The van der Waals surface area contributed by atoms with Crippen LogP contribution >= 0.6 is 0 Å². The quantitative estimate of drug-likeness (QED) is 0.724. The molecule has 3 rings (SSSR count). The summed E-state index contributed by atoms with van der Waals surface area (Å²) in [7, 11) is 1.47. The van der Waals surface area contributed by atoms with Crippen molar-refractivity contribution in [3.63, 3.8) is 0 Å². The first kappa shape index (κ1) is 14.2. The van der Waals surface area contributed by atoms with E-state index in [9.17, 15) is 9.59 Å². The monoisotopic (exact) mass is 304 g/mol. The molecule has 0 aromatic carbocycles. The minimum atomic E-state index is -0.456. The third-order valence-corrected chi connectivity index (χ3v) is 3.44. The molecule has 9 heteroatoms. The van der Waals surface area contributed by atoms with Gasteiger partial charge < -0.3 is 20.1 Å². The zero-order chi connectivity index (χ0) is 15.9. The Kier molecular flexibility index (Phi) is 3.19. The topological polar surface area (TPSA) is 126 Å². The third kappa shape index (κ3) is 2.45. The summed E-state index contributed by atoms with van der Waals surface area (Å²) in [4.78, 5) is 34.8. The second-order valence-corrected chi connectivity index (χ2v) is 5.94. The fourth-order valence-electron chi connectivity index (χ4n) is 2.29. The number of rotatable bonds is 2. The van der Waals surface area contributed by atoms with Gasteiger partial charge in [0.05, 0.1) is 0 Å². The van der Waals surface area contributed by atoms with E-state index < -0.39 is 5.91 Å². The van der Waals surface area contributed by atoms with Gasteiger partial charge in [0, 0.05) is 19.3 Å². The summed E-state index contributed by atoms with van der Waals surface area (Å²) >= 11 is 0. The first-order valence-electron chi connectivity index (χ1n) is 6.83. The molecule has 22 heavy (non-hydrogen) atoms. The van der Waals surface area contributed by atoms with Crippen LogP contribution in [0.2, 0.25) is 0 Å².